The van der Waals surface area contributed by atoms with Gasteiger partial charge < -0.3 is 10.2 Å². The minimum atomic E-state index is 0.706. The Morgan fingerprint density at radius 2 is 2.35 bits per heavy atom. The minimum absolute atomic E-state index is 0.706. The minimum Gasteiger partial charge on any atom is -0.370 e. The number of rotatable bonds is 5. The van der Waals surface area contributed by atoms with Crippen LogP contribution in [-0.4, -0.2) is 50.6 Å². The summed E-state index contributed by atoms with van der Waals surface area (Å²) in [6, 6.07) is 2.65. The molecular weight excluding hydrogens is 252 g/mol. The summed E-state index contributed by atoms with van der Waals surface area (Å²) in [5.41, 5.74) is 0. The molecule has 1 N–H and O–H groups in total. The quantitative estimate of drug-likeness (QED) is 0.895. The lowest BCUT2D eigenvalue weighted by Crippen LogP contribution is -2.27. The number of imidazole rings is 1. The second-order valence-electron chi connectivity index (χ2n) is 5.22. The molecule has 106 valence electrons. The molecule has 3 rings (SSSR count). The van der Waals surface area contributed by atoms with Crippen molar-refractivity contribution in [1.82, 2.24) is 24.4 Å². The van der Waals surface area contributed by atoms with Gasteiger partial charge in [-0.3, -0.25) is 4.57 Å². The van der Waals surface area contributed by atoms with Gasteiger partial charge in [0.2, 0.25) is 0 Å². The Morgan fingerprint density at radius 3 is 3.10 bits per heavy atom. The lowest BCUT2D eigenvalue weighted by Gasteiger charge is -2.19. The van der Waals surface area contributed by atoms with Crippen LogP contribution in [0.1, 0.15) is 19.3 Å². The van der Waals surface area contributed by atoms with Crippen LogP contribution in [0.15, 0.2) is 31.1 Å². The molecule has 6 nitrogen and oxygen atoms in total. The fourth-order valence-corrected chi connectivity index (χ4v) is 2.69. The Morgan fingerprint density at radius 1 is 1.40 bits per heavy atom. The van der Waals surface area contributed by atoms with Crippen LogP contribution >= 0.6 is 0 Å². The van der Waals surface area contributed by atoms with Crippen LogP contribution in [0.4, 0.5) is 5.82 Å². The van der Waals surface area contributed by atoms with Crippen molar-refractivity contribution in [1.29, 1.82) is 0 Å². The predicted octanol–water partition coefficient (Wildman–Crippen LogP) is 1.56. The zero-order chi connectivity index (χ0) is 13.8. The predicted molar refractivity (Wildman–Crippen MR) is 77.9 cm³/mol. The van der Waals surface area contributed by atoms with Gasteiger partial charge in [0.25, 0.3) is 0 Å². The Hall–Kier alpha value is -1.95. The van der Waals surface area contributed by atoms with Gasteiger partial charge in [0, 0.05) is 31.0 Å². The molecule has 1 aliphatic heterocycles. The van der Waals surface area contributed by atoms with Crippen LogP contribution in [0.2, 0.25) is 0 Å². The van der Waals surface area contributed by atoms with E-state index in [2.05, 4.69) is 32.2 Å². The van der Waals surface area contributed by atoms with Gasteiger partial charge in [-0.1, -0.05) is 0 Å². The molecule has 0 saturated carbocycles. The van der Waals surface area contributed by atoms with E-state index in [1.165, 1.54) is 19.4 Å². The van der Waals surface area contributed by atoms with Crippen LogP contribution in [0.5, 0.6) is 0 Å². The van der Waals surface area contributed by atoms with Crippen LogP contribution < -0.4 is 5.32 Å². The molecule has 0 aromatic carbocycles. The Bertz CT molecular complexity index is 538. The summed E-state index contributed by atoms with van der Waals surface area (Å²) < 4.78 is 1.87. The fraction of sp³-hybridized carbons (Fsp3) is 0.500. The van der Waals surface area contributed by atoms with Crippen molar-refractivity contribution in [2.75, 3.05) is 25.5 Å². The van der Waals surface area contributed by atoms with Gasteiger partial charge in [0.15, 0.2) is 0 Å². The van der Waals surface area contributed by atoms with Gasteiger partial charge in [-0.15, -0.1) is 0 Å². The molecule has 0 bridgehead atoms. The molecule has 1 saturated heterocycles. The van der Waals surface area contributed by atoms with Crippen molar-refractivity contribution in [3.63, 3.8) is 0 Å². The molecule has 6 heteroatoms. The third-order valence-electron chi connectivity index (χ3n) is 3.88. The van der Waals surface area contributed by atoms with Crippen LogP contribution in [0, 0.1) is 0 Å². The van der Waals surface area contributed by atoms with Gasteiger partial charge in [-0.05, 0) is 32.9 Å². The van der Waals surface area contributed by atoms with Gasteiger partial charge >= 0.3 is 0 Å². The standard InChI is InChI=1S/C14H20N6/c1-19-7-2-3-12(19)4-5-16-13-9-14(18-10-17-13)20-8-6-15-11-20/h6,8-12H,2-5,7H2,1H3,(H,16,17,18). The van der Waals surface area contributed by atoms with E-state index in [1.807, 2.05) is 16.8 Å². The molecule has 1 fully saturated rings. The topological polar surface area (TPSA) is 58.9 Å². The zero-order valence-electron chi connectivity index (χ0n) is 11.7. The number of nitrogens with one attached hydrogen (secondary N) is 1. The van der Waals surface area contributed by atoms with Crippen molar-refractivity contribution < 1.29 is 0 Å². The Labute approximate surface area is 118 Å². The van der Waals surface area contributed by atoms with Gasteiger partial charge in [-0.2, -0.15) is 0 Å². The number of hydrogen-bond donors (Lipinski definition) is 1. The first-order chi connectivity index (χ1) is 9.83. The third-order valence-corrected chi connectivity index (χ3v) is 3.88. The average molecular weight is 272 g/mol. The third kappa shape index (κ3) is 2.96. The highest BCUT2D eigenvalue weighted by Crippen LogP contribution is 2.17. The summed E-state index contributed by atoms with van der Waals surface area (Å²) in [7, 11) is 2.21. The first kappa shape index (κ1) is 13.1. The molecule has 2 aromatic rings. The molecule has 1 unspecified atom stereocenters. The summed E-state index contributed by atoms with van der Waals surface area (Å²) >= 11 is 0. The first-order valence-corrected chi connectivity index (χ1v) is 7.07. The van der Waals surface area contributed by atoms with E-state index in [4.69, 9.17) is 0 Å². The van der Waals surface area contributed by atoms with E-state index < -0.39 is 0 Å². The van der Waals surface area contributed by atoms with E-state index in [0.29, 0.717) is 6.04 Å². The molecule has 3 heterocycles. The van der Waals surface area contributed by atoms with Gasteiger partial charge in [0.1, 0.15) is 24.3 Å². The normalized spacial score (nSPS) is 19.4. The second kappa shape index (κ2) is 6.00. The lowest BCUT2D eigenvalue weighted by atomic mass is 10.1. The molecule has 2 aromatic heterocycles. The number of hydrogen-bond acceptors (Lipinski definition) is 5. The molecular formula is C14H20N6. The van der Waals surface area contributed by atoms with E-state index in [1.54, 1.807) is 18.9 Å². The van der Waals surface area contributed by atoms with Crippen molar-refractivity contribution >= 4 is 5.82 Å². The highest BCUT2D eigenvalue weighted by Gasteiger charge is 2.19. The summed E-state index contributed by atoms with van der Waals surface area (Å²) in [6.45, 7) is 2.17. The van der Waals surface area contributed by atoms with Crippen molar-refractivity contribution in [3.05, 3.63) is 31.1 Å². The molecule has 0 spiro atoms. The van der Waals surface area contributed by atoms with Crippen LogP contribution in [0.25, 0.3) is 5.82 Å². The fourth-order valence-electron chi connectivity index (χ4n) is 2.69. The molecule has 0 aliphatic carbocycles. The average Bonchev–Trinajstić information content (AvgIpc) is 3.12. The highest BCUT2D eigenvalue weighted by atomic mass is 15.2. The van der Waals surface area contributed by atoms with Gasteiger partial charge in [-0.25, -0.2) is 15.0 Å². The smallest absolute Gasteiger partial charge is 0.143 e. The highest BCUT2D eigenvalue weighted by molar-refractivity contribution is 5.40. The monoisotopic (exact) mass is 272 g/mol. The van der Waals surface area contributed by atoms with E-state index in [9.17, 15) is 0 Å². The molecule has 20 heavy (non-hydrogen) atoms. The lowest BCUT2D eigenvalue weighted by molar-refractivity contribution is 0.301. The molecule has 0 radical (unpaired) electrons. The van der Waals surface area contributed by atoms with Crippen LogP contribution in [0.3, 0.4) is 0 Å². The number of aromatic nitrogens is 4. The molecule has 1 aliphatic rings. The van der Waals surface area contributed by atoms with E-state index in [-0.39, 0.29) is 0 Å². The molecule has 0 amide bonds. The summed E-state index contributed by atoms with van der Waals surface area (Å²) in [6.07, 6.45) is 10.7. The summed E-state index contributed by atoms with van der Waals surface area (Å²) in [5.74, 6) is 1.70. The van der Waals surface area contributed by atoms with E-state index in [0.717, 1.165) is 24.6 Å². The maximum absolute atomic E-state index is 4.26. The van der Waals surface area contributed by atoms with Crippen LogP contribution in [-0.2, 0) is 0 Å². The zero-order valence-corrected chi connectivity index (χ0v) is 11.7. The summed E-state index contributed by atoms with van der Waals surface area (Å²) in [4.78, 5) is 15.0. The maximum atomic E-state index is 4.26. The first-order valence-electron chi connectivity index (χ1n) is 7.07. The van der Waals surface area contributed by atoms with Crippen molar-refractivity contribution in [2.24, 2.45) is 0 Å². The van der Waals surface area contributed by atoms with Crippen molar-refractivity contribution in [2.45, 2.75) is 25.3 Å². The number of nitrogens with zero attached hydrogens (tertiary/aromatic N) is 5. The van der Waals surface area contributed by atoms with E-state index >= 15 is 0 Å². The Balaban J connectivity index is 1.56. The number of anilines is 1. The van der Waals surface area contributed by atoms with Gasteiger partial charge in [0.05, 0.1) is 0 Å². The maximum Gasteiger partial charge on any atom is 0.143 e. The SMILES string of the molecule is CN1CCCC1CCNc1cc(-n2ccnc2)ncn1. The second-order valence-corrected chi connectivity index (χ2v) is 5.22. The number of likely N-dealkylation sites (tertiary alicyclic amines) is 1. The van der Waals surface area contributed by atoms with Crippen molar-refractivity contribution in [3.8, 4) is 5.82 Å². The Kier molecular flexibility index (Phi) is 3.92. The molecule has 1 atom stereocenters. The summed E-state index contributed by atoms with van der Waals surface area (Å²) in [5, 5.41) is 3.38. The largest absolute Gasteiger partial charge is 0.370 e.